The van der Waals surface area contributed by atoms with Crippen molar-refractivity contribution in [3.05, 3.63) is 0 Å². The van der Waals surface area contributed by atoms with Gasteiger partial charge in [0.15, 0.2) is 0 Å². The van der Waals surface area contributed by atoms with E-state index < -0.39 is 0 Å². The molecule has 90 valence electrons. The van der Waals surface area contributed by atoms with Crippen molar-refractivity contribution in [3.63, 3.8) is 0 Å². The highest BCUT2D eigenvalue weighted by atomic mass is 16.5. The highest BCUT2D eigenvalue weighted by molar-refractivity contribution is 4.89. The molecule has 0 spiro atoms. The summed E-state index contributed by atoms with van der Waals surface area (Å²) in [5.41, 5.74) is 0. The number of fused-ring (bicyclic) bond motifs is 1. The Kier molecular flexibility index (Phi) is 4.65. The summed E-state index contributed by atoms with van der Waals surface area (Å²) in [4.78, 5) is 2.58. The van der Waals surface area contributed by atoms with Crippen LogP contribution in [0.5, 0.6) is 0 Å². The van der Waals surface area contributed by atoms with E-state index in [4.69, 9.17) is 11.2 Å². The third-order valence-electron chi connectivity index (χ3n) is 3.65. The summed E-state index contributed by atoms with van der Waals surface area (Å²) < 4.78 is 5.85. The zero-order chi connectivity index (χ0) is 11.2. The van der Waals surface area contributed by atoms with Crippen LogP contribution in [0.3, 0.4) is 0 Å². The zero-order valence-electron chi connectivity index (χ0n) is 9.95. The Morgan fingerprint density at radius 1 is 1.38 bits per heavy atom. The van der Waals surface area contributed by atoms with Gasteiger partial charge in [0.2, 0.25) is 0 Å². The Morgan fingerprint density at radius 3 is 3.12 bits per heavy atom. The molecule has 1 aliphatic heterocycles. The van der Waals surface area contributed by atoms with Gasteiger partial charge in [-0.25, -0.2) is 0 Å². The second-order valence-corrected chi connectivity index (χ2v) is 4.68. The summed E-state index contributed by atoms with van der Waals surface area (Å²) in [7, 11) is 0. The van der Waals surface area contributed by atoms with Crippen LogP contribution in [0.1, 0.15) is 25.7 Å². The van der Waals surface area contributed by atoms with Crippen LogP contribution < -0.4 is 5.32 Å². The highest BCUT2D eigenvalue weighted by Gasteiger charge is 2.33. The van der Waals surface area contributed by atoms with Crippen molar-refractivity contribution >= 4 is 0 Å². The minimum atomic E-state index is 0.495. The molecule has 2 aliphatic rings. The molecule has 1 saturated carbocycles. The maximum Gasteiger partial charge on any atom is 0.0730 e. The van der Waals surface area contributed by atoms with E-state index in [1.54, 1.807) is 0 Å². The SMILES string of the molecule is C#CCNCCN1CCOC2CCCCC21. The molecule has 16 heavy (non-hydrogen) atoms. The molecule has 2 rings (SSSR count). The van der Waals surface area contributed by atoms with Crippen molar-refractivity contribution in [1.82, 2.24) is 10.2 Å². The molecule has 0 bridgehead atoms. The molecule has 0 aromatic heterocycles. The number of morpholine rings is 1. The van der Waals surface area contributed by atoms with Crippen LogP contribution in [0.25, 0.3) is 0 Å². The average Bonchev–Trinajstić information content (AvgIpc) is 2.35. The van der Waals surface area contributed by atoms with E-state index in [2.05, 4.69) is 16.1 Å². The van der Waals surface area contributed by atoms with Crippen molar-refractivity contribution in [1.29, 1.82) is 0 Å². The van der Waals surface area contributed by atoms with Gasteiger partial charge in [-0.3, -0.25) is 4.90 Å². The van der Waals surface area contributed by atoms with E-state index in [1.165, 1.54) is 25.7 Å². The molecule has 1 saturated heterocycles. The molecule has 1 heterocycles. The molecule has 1 N–H and O–H groups in total. The van der Waals surface area contributed by atoms with E-state index in [0.717, 1.165) is 26.2 Å². The first-order valence-corrected chi connectivity index (χ1v) is 6.41. The van der Waals surface area contributed by atoms with E-state index in [9.17, 15) is 0 Å². The van der Waals surface area contributed by atoms with Crippen molar-refractivity contribution in [2.75, 3.05) is 32.8 Å². The Bertz CT molecular complexity index is 247. The fraction of sp³-hybridized carbons (Fsp3) is 0.846. The van der Waals surface area contributed by atoms with Crippen LogP contribution in [0, 0.1) is 12.3 Å². The van der Waals surface area contributed by atoms with Crippen LogP contribution in [0.2, 0.25) is 0 Å². The number of nitrogens with zero attached hydrogens (tertiary/aromatic N) is 1. The van der Waals surface area contributed by atoms with Gasteiger partial charge in [0, 0.05) is 25.7 Å². The Morgan fingerprint density at radius 2 is 2.25 bits per heavy atom. The quantitative estimate of drug-likeness (QED) is 0.564. The summed E-state index contributed by atoms with van der Waals surface area (Å²) in [5.74, 6) is 2.61. The molecular weight excluding hydrogens is 200 g/mol. The topological polar surface area (TPSA) is 24.5 Å². The van der Waals surface area contributed by atoms with Gasteiger partial charge in [-0.05, 0) is 12.8 Å². The number of hydrogen-bond donors (Lipinski definition) is 1. The smallest absolute Gasteiger partial charge is 0.0730 e. The maximum absolute atomic E-state index is 5.85. The number of terminal acetylenes is 1. The summed E-state index contributed by atoms with van der Waals surface area (Å²) in [6, 6.07) is 0.662. The third-order valence-corrected chi connectivity index (χ3v) is 3.65. The van der Waals surface area contributed by atoms with Crippen molar-refractivity contribution < 1.29 is 4.74 Å². The fourth-order valence-corrected chi connectivity index (χ4v) is 2.84. The molecule has 0 aromatic carbocycles. The van der Waals surface area contributed by atoms with Gasteiger partial charge < -0.3 is 10.1 Å². The van der Waals surface area contributed by atoms with E-state index in [0.29, 0.717) is 18.7 Å². The number of nitrogens with one attached hydrogen (secondary N) is 1. The highest BCUT2D eigenvalue weighted by Crippen LogP contribution is 2.27. The predicted octanol–water partition coefficient (Wildman–Crippen LogP) is 0.853. The fourth-order valence-electron chi connectivity index (χ4n) is 2.84. The summed E-state index contributed by atoms with van der Waals surface area (Å²) in [6.45, 7) is 4.76. The summed E-state index contributed by atoms with van der Waals surface area (Å²) in [6.07, 6.45) is 11.0. The standard InChI is InChI=1S/C13H22N2O/c1-2-7-14-8-9-15-10-11-16-13-6-4-3-5-12(13)15/h1,12-14H,3-11H2. The maximum atomic E-state index is 5.85. The molecule has 0 amide bonds. The Balaban J connectivity index is 1.76. The van der Waals surface area contributed by atoms with Crippen LogP contribution in [-0.4, -0.2) is 49.8 Å². The van der Waals surface area contributed by atoms with Crippen LogP contribution in [-0.2, 0) is 4.74 Å². The molecule has 3 nitrogen and oxygen atoms in total. The molecule has 0 aromatic rings. The number of ether oxygens (including phenoxy) is 1. The second kappa shape index (κ2) is 6.24. The lowest BCUT2D eigenvalue weighted by molar-refractivity contribution is -0.0873. The molecule has 2 unspecified atom stereocenters. The first-order chi connectivity index (χ1) is 7.92. The van der Waals surface area contributed by atoms with E-state index in [1.807, 2.05) is 0 Å². The van der Waals surface area contributed by atoms with Crippen molar-refractivity contribution in [3.8, 4) is 12.3 Å². The number of hydrogen-bond acceptors (Lipinski definition) is 3. The average molecular weight is 222 g/mol. The third kappa shape index (κ3) is 2.98. The molecular formula is C13H22N2O. The van der Waals surface area contributed by atoms with Crippen molar-refractivity contribution in [2.24, 2.45) is 0 Å². The zero-order valence-corrected chi connectivity index (χ0v) is 9.95. The molecule has 3 heteroatoms. The lowest BCUT2D eigenvalue weighted by Gasteiger charge is -2.43. The van der Waals surface area contributed by atoms with E-state index in [-0.39, 0.29) is 0 Å². The molecule has 0 radical (unpaired) electrons. The van der Waals surface area contributed by atoms with Gasteiger partial charge in [0.1, 0.15) is 0 Å². The van der Waals surface area contributed by atoms with E-state index >= 15 is 0 Å². The summed E-state index contributed by atoms with van der Waals surface area (Å²) in [5, 5.41) is 3.26. The largest absolute Gasteiger partial charge is 0.375 e. The number of rotatable bonds is 4. The monoisotopic (exact) mass is 222 g/mol. The van der Waals surface area contributed by atoms with Gasteiger partial charge in [-0.15, -0.1) is 6.42 Å². The van der Waals surface area contributed by atoms with Gasteiger partial charge in [0.05, 0.1) is 19.3 Å². The second-order valence-electron chi connectivity index (χ2n) is 4.68. The van der Waals surface area contributed by atoms with Crippen LogP contribution in [0.4, 0.5) is 0 Å². The predicted molar refractivity (Wildman–Crippen MR) is 65.3 cm³/mol. The van der Waals surface area contributed by atoms with Gasteiger partial charge in [-0.2, -0.15) is 0 Å². The lowest BCUT2D eigenvalue weighted by atomic mass is 9.90. The van der Waals surface area contributed by atoms with Gasteiger partial charge >= 0.3 is 0 Å². The van der Waals surface area contributed by atoms with Crippen LogP contribution >= 0.6 is 0 Å². The lowest BCUT2D eigenvalue weighted by Crippen LogP contribution is -2.54. The Labute approximate surface area is 98.5 Å². The first kappa shape index (κ1) is 11.9. The molecule has 1 aliphatic carbocycles. The minimum Gasteiger partial charge on any atom is -0.375 e. The minimum absolute atomic E-state index is 0.495. The summed E-state index contributed by atoms with van der Waals surface area (Å²) >= 11 is 0. The van der Waals surface area contributed by atoms with Gasteiger partial charge in [-0.1, -0.05) is 18.8 Å². The van der Waals surface area contributed by atoms with Crippen molar-refractivity contribution in [2.45, 2.75) is 37.8 Å². The normalized spacial score (nSPS) is 30.7. The molecule has 2 atom stereocenters. The van der Waals surface area contributed by atoms with Gasteiger partial charge in [0.25, 0.3) is 0 Å². The first-order valence-electron chi connectivity index (χ1n) is 6.41. The Hall–Kier alpha value is -0.560. The molecule has 2 fully saturated rings. The van der Waals surface area contributed by atoms with Crippen LogP contribution in [0.15, 0.2) is 0 Å².